The third kappa shape index (κ3) is 10.5. The number of alkyl carbamates (subject to hydrolysis) is 1. The molecule has 0 saturated carbocycles. The molecule has 1 heterocycles. The number of unbranched alkanes of at least 4 members (excludes halogenated alkanes) is 1. The number of amides is 1. The molecule has 39 heavy (non-hydrogen) atoms. The van der Waals surface area contributed by atoms with Crippen LogP contribution in [0.2, 0.25) is 0 Å². The number of hydrogen-bond donors (Lipinski definition) is 5. The van der Waals surface area contributed by atoms with E-state index in [0.717, 1.165) is 5.56 Å². The van der Waals surface area contributed by atoms with E-state index in [1.807, 2.05) is 6.07 Å². The van der Waals surface area contributed by atoms with Gasteiger partial charge in [-0.05, 0) is 35.7 Å². The summed E-state index contributed by atoms with van der Waals surface area (Å²) in [6.07, 6.45) is 2.63. The number of carboxylic acids is 1. The lowest BCUT2D eigenvalue weighted by Crippen LogP contribution is -2.46. The van der Waals surface area contributed by atoms with Crippen LogP contribution in [0.1, 0.15) is 50.7 Å². The van der Waals surface area contributed by atoms with Crippen molar-refractivity contribution in [2.75, 3.05) is 0 Å². The third-order valence-electron chi connectivity index (χ3n) is 5.64. The molecule has 210 valence electrons. The number of ether oxygens (including phenoxy) is 2. The fraction of sp³-hybridized carbons (Fsp3) is 0.357. The number of aliphatic carboxylic acids is 1. The number of H-pyrrole nitrogens is 1. The number of carboxylic acid groups (broad SMARTS) is 1. The van der Waals surface area contributed by atoms with Crippen molar-refractivity contribution in [3.63, 3.8) is 0 Å². The molecule has 11 heteroatoms. The van der Waals surface area contributed by atoms with Gasteiger partial charge >= 0.3 is 24.0 Å². The third-order valence-corrected chi connectivity index (χ3v) is 5.64. The van der Waals surface area contributed by atoms with Crippen LogP contribution in [0.3, 0.4) is 0 Å². The van der Waals surface area contributed by atoms with Crippen molar-refractivity contribution in [1.29, 1.82) is 0 Å². The van der Waals surface area contributed by atoms with E-state index >= 15 is 0 Å². The summed E-state index contributed by atoms with van der Waals surface area (Å²) in [5.74, 6) is -3.35. The highest BCUT2D eigenvalue weighted by Crippen LogP contribution is 2.24. The molecule has 0 bridgehead atoms. The van der Waals surface area contributed by atoms with Gasteiger partial charge in [0, 0.05) is 29.9 Å². The van der Waals surface area contributed by atoms with Gasteiger partial charge < -0.3 is 35.7 Å². The largest absolute Gasteiger partial charge is 0.508 e. The summed E-state index contributed by atoms with van der Waals surface area (Å²) >= 11 is 0. The van der Waals surface area contributed by atoms with E-state index in [1.165, 1.54) is 25.0 Å². The maximum atomic E-state index is 12.8. The first-order chi connectivity index (χ1) is 18.6. The Labute approximate surface area is 226 Å². The summed E-state index contributed by atoms with van der Waals surface area (Å²) in [5, 5.41) is 21.6. The molecule has 1 amide bonds. The number of carbonyl (C=O) groups is 4. The second kappa shape index (κ2) is 15.8. The van der Waals surface area contributed by atoms with Crippen molar-refractivity contribution in [3.8, 4) is 5.75 Å². The smallest absolute Gasteiger partial charge is 0.408 e. The molecule has 0 fully saturated rings. The number of nitrogens with two attached hydrogens (primary N) is 1. The van der Waals surface area contributed by atoms with Crippen molar-refractivity contribution in [1.82, 2.24) is 10.3 Å². The van der Waals surface area contributed by atoms with Crippen LogP contribution in [0.15, 0.2) is 54.7 Å². The first-order valence-electron chi connectivity index (χ1n) is 12.6. The highest BCUT2D eigenvalue weighted by molar-refractivity contribution is 5.93. The monoisotopic (exact) mass is 541 g/mol. The molecule has 0 saturated heterocycles. The second-order valence-corrected chi connectivity index (χ2v) is 8.79. The number of phenols is 1. The van der Waals surface area contributed by atoms with Gasteiger partial charge in [0.15, 0.2) is 0 Å². The van der Waals surface area contributed by atoms with Gasteiger partial charge in [-0.1, -0.05) is 57.0 Å². The molecule has 0 aliphatic heterocycles. The molecule has 3 rings (SSSR count). The summed E-state index contributed by atoms with van der Waals surface area (Å²) in [4.78, 5) is 51.1. The summed E-state index contributed by atoms with van der Waals surface area (Å²) in [6, 6.07) is 10.9. The van der Waals surface area contributed by atoms with Gasteiger partial charge in [-0.15, -0.1) is 0 Å². The Bertz CT molecular complexity index is 1240. The van der Waals surface area contributed by atoms with E-state index < -0.39 is 36.1 Å². The normalized spacial score (nSPS) is 12.0. The lowest BCUT2D eigenvalue weighted by atomic mass is 10.0. The Morgan fingerprint density at radius 3 is 2.36 bits per heavy atom. The van der Waals surface area contributed by atoms with E-state index in [2.05, 4.69) is 24.1 Å². The van der Waals surface area contributed by atoms with Crippen LogP contribution in [0, 0.1) is 0 Å². The van der Waals surface area contributed by atoms with Crippen molar-refractivity contribution >= 4 is 34.9 Å². The Hall–Kier alpha value is -4.38. The molecule has 2 atom stereocenters. The van der Waals surface area contributed by atoms with Crippen LogP contribution in [0.4, 0.5) is 4.79 Å². The number of phenolic OH excluding ortho intramolecular Hbond substituents is 1. The highest BCUT2D eigenvalue weighted by Gasteiger charge is 2.29. The average Bonchev–Trinajstić information content (AvgIpc) is 3.32. The maximum absolute atomic E-state index is 12.8. The van der Waals surface area contributed by atoms with Crippen LogP contribution < -0.4 is 11.1 Å². The molecule has 0 aliphatic rings. The number of carbonyl (C=O) groups excluding carboxylic acids is 3. The van der Waals surface area contributed by atoms with Gasteiger partial charge in [0.25, 0.3) is 0 Å². The van der Waals surface area contributed by atoms with Crippen molar-refractivity contribution in [3.05, 3.63) is 65.9 Å². The van der Waals surface area contributed by atoms with Gasteiger partial charge in [0.1, 0.15) is 24.4 Å². The van der Waals surface area contributed by atoms with Gasteiger partial charge in [-0.3, -0.25) is 4.79 Å². The number of aromatic amines is 1. The average molecular weight is 542 g/mol. The van der Waals surface area contributed by atoms with Crippen LogP contribution in [-0.4, -0.2) is 51.3 Å². The number of nitrogens with one attached hydrogen (secondary N) is 2. The highest BCUT2D eigenvalue weighted by atomic mass is 16.6. The standard InChI is InChI=1S/C24H25N3O8.C4H10/c25-18(7-9-21(29)30)22(31)35-23(32)20(27-24(33)34-13-14-4-2-1-3-5-14)10-15-12-26-19-8-6-16(28)11-17(15)19;1-3-4-2/h1-6,8,11-12,18,20,26,28H,7,9-10,13,25H2,(H,27,33)(H,29,30);3-4H2,1-2H3/t18-,20-;/m0./s1. The maximum Gasteiger partial charge on any atom is 0.408 e. The predicted molar refractivity (Wildman–Crippen MR) is 144 cm³/mol. The van der Waals surface area contributed by atoms with Gasteiger partial charge in [0.2, 0.25) is 0 Å². The molecular formula is C28H35N3O8. The molecule has 3 aromatic rings. The lowest BCUT2D eigenvalue weighted by molar-refractivity contribution is -0.162. The minimum atomic E-state index is -1.34. The van der Waals surface area contributed by atoms with E-state index in [0.29, 0.717) is 16.5 Å². The molecule has 0 spiro atoms. The predicted octanol–water partition coefficient (Wildman–Crippen LogP) is 3.78. The minimum Gasteiger partial charge on any atom is -0.508 e. The molecule has 1 aromatic heterocycles. The molecular weight excluding hydrogens is 506 g/mol. The minimum absolute atomic E-state index is 0.00675. The van der Waals surface area contributed by atoms with Crippen LogP contribution >= 0.6 is 0 Å². The molecule has 6 N–H and O–H groups in total. The number of fused-ring (bicyclic) bond motifs is 1. The van der Waals surface area contributed by atoms with Crippen molar-refractivity contribution < 1.29 is 38.9 Å². The van der Waals surface area contributed by atoms with E-state index in [-0.39, 0.29) is 31.6 Å². The fourth-order valence-corrected chi connectivity index (χ4v) is 3.30. The molecule has 0 unspecified atom stereocenters. The number of esters is 2. The fourth-order valence-electron chi connectivity index (χ4n) is 3.30. The Morgan fingerprint density at radius 1 is 1.03 bits per heavy atom. The second-order valence-electron chi connectivity index (χ2n) is 8.79. The Kier molecular flexibility index (Phi) is 12.5. The van der Waals surface area contributed by atoms with Gasteiger partial charge in [0.05, 0.1) is 0 Å². The number of rotatable bonds is 11. The van der Waals surface area contributed by atoms with E-state index in [4.69, 9.17) is 20.3 Å². The Balaban J connectivity index is 0.00000124. The summed E-state index contributed by atoms with van der Waals surface area (Å²) in [5.41, 5.74) is 7.59. The zero-order valence-corrected chi connectivity index (χ0v) is 22.0. The first kappa shape index (κ1) is 30.8. The topological polar surface area (TPSA) is 181 Å². The van der Waals surface area contributed by atoms with Crippen molar-refractivity contribution in [2.24, 2.45) is 5.73 Å². The lowest BCUT2D eigenvalue weighted by Gasteiger charge is -2.18. The number of aromatic nitrogens is 1. The quantitative estimate of drug-likeness (QED) is 0.178. The van der Waals surface area contributed by atoms with Crippen molar-refractivity contribution in [2.45, 2.75) is 64.6 Å². The zero-order valence-electron chi connectivity index (χ0n) is 22.0. The summed E-state index contributed by atoms with van der Waals surface area (Å²) in [6.45, 7) is 4.31. The van der Waals surface area contributed by atoms with E-state index in [9.17, 15) is 24.3 Å². The van der Waals surface area contributed by atoms with Crippen LogP contribution in [-0.2, 0) is 36.9 Å². The van der Waals surface area contributed by atoms with E-state index in [1.54, 1.807) is 36.5 Å². The molecule has 0 radical (unpaired) electrons. The number of aromatic hydroxyl groups is 1. The molecule has 2 aromatic carbocycles. The summed E-state index contributed by atoms with van der Waals surface area (Å²) in [7, 11) is 0. The molecule has 0 aliphatic carbocycles. The Morgan fingerprint density at radius 2 is 1.72 bits per heavy atom. The number of benzene rings is 2. The van der Waals surface area contributed by atoms with Crippen LogP contribution in [0.25, 0.3) is 10.9 Å². The first-order valence-corrected chi connectivity index (χ1v) is 12.6. The number of hydrogen-bond acceptors (Lipinski definition) is 8. The molecule has 11 nitrogen and oxygen atoms in total. The van der Waals surface area contributed by atoms with Gasteiger partial charge in [-0.2, -0.15) is 0 Å². The summed E-state index contributed by atoms with van der Waals surface area (Å²) < 4.78 is 10.0. The van der Waals surface area contributed by atoms with Gasteiger partial charge in [-0.25, -0.2) is 14.4 Å². The van der Waals surface area contributed by atoms with Crippen LogP contribution in [0.5, 0.6) is 5.75 Å². The zero-order chi connectivity index (χ0) is 28.8. The SMILES string of the molecule is CCCC.N[C@@H](CCC(=O)O)C(=O)OC(=O)[C@H](Cc1c[nH]c2ccc(O)cc12)NC(=O)OCc1ccccc1.